The third-order valence-electron chi connectivity index (χ3n) is 2.93. The largest absolute Gasteiger partial charge is 0.497 e. The van der Waals surface area contributed by atoms with Crippen molar-refractivity contribution in [1.29, 1.82) is 0 Å². The zero-order chi connectivity index (χ0) is 16.8. The van der Waals surface area contributed by atoms with Crippen LogP contribution < -0.4 is 14.2 Å². The lowest BCUT2D eigenvalue weighted by Crippen LogP contribution is -2.32. The number of sulfonamides is 1. The molecule has 0 aliphatic carbocycles. The Hall–Kier alpha value is -1.80. The molecule has 0 radical (unpaired) electrons. The van der Waals surface area contributed by atoms with E-state index in [1.807, 2.05) is 0 Å². The molecule has 0 heterocycles. The van der Waals surface area contributed by atoms with Crippen LogP contribution in [0.2, 0.25) is 0 Å². The Kier molecular flexibility index (Phi) is 6.63. The van der Waals surface area contributed by atoms with E-state index in [0.29, 0.717) is 5.75 Å². The third kappa shape index (κ3) is 4.60. The molecule has 7 nitrogen and oxygen atoms in total. The lowest BCUT2D eigenvalue weighted by molar-refractivity contribution is -0.147. The molecule has 22 heavy (non-hydrogen) atoms. The molecule has 1 atom stereocenters. The summed E-state index contributed by atoms with van der Waals surface area (Å²) < 4.78 is 42.0. The van der Waals surface area contributed by atoms with Crippen LogP contribution in [0.25, 0.3) is 0 Å². The summed E-state index contributed by atoms with van der Waals surface area (Å²) in [5.41, 5.74) is 0. The maximum atomic E-state index is 12.4. The van der Waals surface area contributed by atoms with Crippen molar-refractivity contribution in [1.82, 2.24) is 4.72 Å². The minimum absolute atomic E-state index is 0.0505. The van der Waals surface area contributed by atoms with Gasteiger partial charge in [0.05, 0.1) is 26.7 Å². The fraction of sp³-hybridized carbons (Fsp3) is 0.500. The average Bonchev–Trinajstić information content (AvgIpc) is 2.52. The number of carbonyl (C=O) groups is 1. The SMILES string of the molecule is CCOC(=O)[C@@H](C)CNS(=O)(=O)c1cc(OC)ccc1OC. The number of ether oxygens (including phenoxy) is 3. The van der Waals surface area contributed by atoms with E-state index in [1.54, 1.807) is 19.9 Å². The van der Waals surface area contributed by atoms with Crippen molar-refractivity contribution in [3.63, 3.8) is 0 Å². The fourth-order valence-electron chi connectivity index (χ4n) is 1.67. The molecule has 0 spiro atoms. The first-order valence-corrected chi connectivity index (χ1v) is 8.22. The van der Waals surface area contributed by atoms with Crippen molar-refractivity contribution < 1.29 is 27.4 Å². The summed E-state index contributed by atoms with van der Waals surface area (Å²) in [7, 11) is -1.03. The molecule has 0 amide bonds. The van der Waals surface area contributed by atoms with Crippen molar-refractivity contribution in [3.05, 3.63) is 18.2 Å². The minimum Gasteiger partial charge on any atom is -0.497 e. The van der Waals surface area contributed by atoms with E-state index < -0.39 is 21.9 Å². The van der Waals surface area contributed by atoms with E-state index >= 15 is 0 Å². The van der Waals surface area contributed by atoms with Crippen molar-refractivity contribution in [2.45, 2.75) is 18.7 Å². The van der Waals surface area contributed by atoms with Crippen LogP contribution in [0.5, 0.6) is 11.5 Å². The minimum atomic E-state index is -3.84. The van der Waals surface area contributed by atoms with Gasteiger partial charge in [-0.25, -0.2) is 13.1 Å². The van der Waals surface area contributed by atoms with Crippen molar-refractivity contribution in [3.8, 4) is 11.5 Å². The van der Waals surface area contributed by atoms with Crippen LogP contribution in [0, 0.1) is 5.92 Å². The summed E-state index contributed by atoms with van der Waals surface area (Å²) in [4.78, 5) is 11.5. The molecule has 0 bridgehead atoms. The maximum absolute atomic E-state index is 12.4. The lowest BCUT2D eigenvalue weighted by atomic mass is 10.2. The van der Waals surface area contributed by atoms with E-state index in [1.165, 1.54) is 26.4 Å². The monoisotopic (exact) mass is 331 g/mol. The number of methoxy groups -OCH3 is 2. The first-order chi connectivity index (χ1) is 10.4. The Morgan fingerprint density at radius 1 is 1.27 bits per heavy atom. The van der Waals surface area contributed by atoms with Gasteiger partial charge in [0, 0.05) is 12.6 Å². The van der Waals surface area contributed by atoms with E-state index in [0.717, 1.165) is 0 Å². The second-order valence-corrected chi connectivity index (χ2v) is 6.26. The lowest BCUT2D eigenvalue weighted by Gasteiger charge is -2.14. The third-order valence-corrected chi connectivity index (χ3v) is 4.37. The van der Waals surface area contributed by atoms with Crippen molar-refractivity contribution in [2.75, 3.05) is 27.4 Å². The highest BCUT2D eigenvalue weighted by Crippen LogP contribution is 2.28. The second-order valence-electron chi connectivity index (χ2n) is 4.52. The topological polar surface area (TPSA) is 90.9 Å². The molecule has 1 rings (SSSR count). The molecular weight excluding hydrogens is 310 g/mol. The Labute approximate surface area is 130 Å². The number of benzene rings is 1. The van der Waals surface area contributed by atoms with Gasteiger partial charge in [-0.2, -0.15) is 0 Å². The number of rotatable bonds is 8. The molecule has 0 saturated heterocycles. The average molecular weight is 331 g/mol. The van der Waals surface area contributed by atoms with Gasteiger partial charge >= 0.3 is 5.97 Å². The van der Waals surface area contributed by atoms with Gasteiger partial charge in [-0.1, -0.05) is 6.92 Å². The van der Waals surface area contributed by atoms with Crippen LogP contribution in [0.15, 0.2) is 23.1 Å². The molecule has 0 fully saturated rings. The number of esters is 1. The zero-order valence-electron chi connectivity index (χ0n) is 13.1. The molecule has 0 aliphatic rings. The first-order valence-electron chi connectivity index (χ1n) is 6.74. The van der Waals surface area contributed by atoms with Gasteiger partial charge in [-0.15, -0.1) is 0 Å². The molecule has 1 aromatic carbocycles. The normalized spacial score (nSPS) is 12.5. The van der Waals surface area contributed by atoms with Gasteiger partial charge in [-0.3, -0.25) is 4.79 Å². The Morgan fingerprint density at radius 3 is 2.50 bits per heavy atom. The van der Waals surface area contributed by atoms with E-state index in [-0.39, 0.29) is 23.8 Å². The Bertz CT molecular complexity index is 614. The summed E-state index contributed by atoms with van der Waals surface area (Å²) in [6, 6.07) is 4.46. The molecule has 0 unspecified atom stereocenters. The maximum Gasteiger partial charge on any atom is 0.309 e. The van der Waals surface area contributed by atoms with Gasteiger partial charge < -0.3 is 14.2 Å². The smallest absolute Gasteiger partial charge is 0.309 e. The van der Waals surface area contributed by atoms with Crippen LogP contribution in [-0.4, -0.2) is 41.8 Å². The zero-order valence-corrected chi connectivity index (χ0v) is 13.9. The molecule has 0 saturated carbocycles. The van der Waals surface area contributed by atoms with Gasteiger partial charge in [0.2, 0.25) is 10.0 Å². The van der Waals surface area contributed by atoms with Crippen LogP contribution in [0.1, 0.15) is 13.8 Å². The molecule has 0 aliphatic heterocycles. The van der Waals surface area contributed by atoms with Crippen LogP contribution in [-0.2, 0) is 19.6 Å². The summed E-state index contributed by atoms with van der Waals surface area (Å²) in [6.07, 6.45) is 0. The van der Waals surface area contributed by atoms with Crippen LogP contribution in [0.3, 0.4) is 0 Å². The summed E-state index contributed by atoms with van der Waals surface area (Å²) in [5.74, 6) is -0.467. The molecular formula is C14H21NO6S. The summed E-state index contributed by atoms with van der Waals surface area (Å²) in [6.45, 7) is 3.46. The number of hydrogen-bond donors (Lipinski definition) is 1. The van der Waals surface area contributed by atoms with Gasteiger partial charge in [0.25, 0.3) is 0 Å². The first kappa shape index (κ1) is 18.2. The van der Waals surface area contributed by atoms with Crippen LogP contribution >= 0.6 is 0 Å². The molecule has 1 aromatic rings. The molecule has 8 heteroatoms. The van der Waals surface area contributed by atoms with Crippen molar-refractivity contribution in [2.24, 2.45) is 5.92 Å². The summed E-state index contributed by atoms with van der Waals surface area (Å²) in [5, 5.41) is 0. The van der Waals surface area contributed by atoms with Crippen LogP contribution in [0.4, 0.5) is 0 Å². The molecule has 0 aromatic heterocycles. The van der Waals surface area contributed by atoms with Gasteiger partial charge in [0.1, 0.15) is 16.4 Å². The van der Waals surface area contributed by atoms with Crippen molar-refractivity contribution >= 4 is 16.0 Å². The van der Waals surface area contributed by atoms with E-state index in [2.05, 4.69) is 4.72 Å². The quantitative estimate of drug-likeness (QED) is 0.719. The molecule has 1 N–H and O–H groups in total. The van der Waals surface area contributed by atoms with Gasteiger partial charge in [-0.05, 0) is 19.1 Å². The Balaban J connectivity index is 2.92. The highest BCUT2D eigenvalue weighted by molar-refractivity contribution is 7.89. The number of hydrogen-bond acceptors (Lipinski definition) is 6. The van der Waals surface area contributed by atoms with Gasteiger partial charge in [0.15, 0.2) is 0 Å². The highest BCUT2D eigenvalue weighted by Gasteiger charge is 2.23. The Morgan fingerprint density at radius 2 is 1.95 bits per heavy atom. The summed E-state index contributed by atoms with van der Waals surface area (Å²) >= 11 is 0. The highest BCUT2D eigenvalue weighted by atomic mass is 32.2. The number of carbonyl (C=O) groups excluding carboxylic acids is 1. The van der Waals surface area contributed by atoms with E-state index in [9.17, 15) is 13.2 Å². The second kappa shape index (κ2) is 8.00. The number of nitrogens with one attached hydrogen (secondary N) is 1. The predicted molar refractivity (Wildman–Crippen MR) is 80.5 cm³/mol. The molecule has 124 valence electrons. The fourth-order valence-corrected chi connectivity index (χ4v) is 2.99. The predicted octanol–water partition coefficient (Wildman–Crippen LogP) is 1.18. The standard InChI is InChI=1S/C14H21NO6S/c1-5-21-14(16)10(2)9-15-22(17,18)13-8-11(19-3)6-7-12(13)20-4/h6-8,10,15H,5,9H2,1-4H3/t10-/m0/s1. The van der Waals surface area contributed by atoms with E-state index in [4.69, 9.17) is 14.2 Å².